The van der Waals surface area contributed by atoms with E-state index in [0.29, 0.717) is 12.5 Å². The second kappa shape index (κ2) is 6.83. The summed E-state index contributed by atoms with van der Waals surface area (Å²) in [6.45, 7) is 5.17. The van der Waals surface area contributed by atoms with Crippen molar-refractivity contribution < 1.29 is 9.53 Å². The number of likely N-dealkylation sites (N-methyl/N-ethyl adjacent to an activating group) is 1. The molecule has 1 fully saturated rings. The van der Waals surface area contributed by atoms with Gasteiger partial charge in [0, 0.05) is 18.7 Å². The average Bonchev–Trinajstić information content (AvgIpc) is 2.39. The van der Waals surface area contributed by atoms with E-state index in [1.807, 2.05) is 38.2 Å². The number of nitrogens with zero attached hydrogens (tertiary/aromatic N) is 1. The number of hydrogen-bond acceptors (Lipinski definition) is 3. The van der Waals surface area contributed by atoms with Crippen LogP contribution in [0.15, 0.2) is 24.3 Å². The summed E-state index contributed by atoms with van der Waals surface area (Å²) >= 11 is 0. The predicted octanol–water partition coefficient (Wildman–Crippen LogP) is 2.54. The second-order valence-electron chi connectivity index (χ2n) is 5.57. The molecule has 1 aliphatic rings. The highest BCUT2D eigenvalue weighted by Crippen LogP contribution is 2.14. The lowest BCUT2D eigenvalue weighted by Gasteiger charge is -2.26. The molecule has 0 aliphatic carbocycles. The van der Waals surface area contributed by atoms with E-state index in [-0.39, 0.29) is 5.78 Å². The summed E-state index contributed by atoms with van der Waals surface area (Å²) in [7, 11) is 2.02. The third-order valence-electron chi connectivity index (χ3n) is 3.58. The van der Waals surface area contributed by atoms with Gasteiger partial charge in [-0.3, -0.25) is 9.69 Å². The minimum atomic E-state index is 0.197. The molecular formula is C16H23NO2. The van der Waals surface area contributed by atoms with E-state index in [1.165, 1.54) is 6.42 Å². The van der Waals surface area contributed by atoms with E-state index in [0.717, 1.165) is 37.3 Å². The maximum Gasteiger partial charge on any atom is 0.176 e. The van der Waals surface area contributed by atoms with Crippen LogP contribution in [-0.4, -0.2) is 44.0 Å². The first-order chi connectivity index (χ1) is 9.15. The Morgan fingerprint density at radius 3 is 3.00 bits per heavy atom. The van der Waals surface area contributed by atoms with E-state index in [1.54, 1.807) is 0 Å². The van der Waals surface area contributed by atoms with Crippen molar-refractivity contribution in [3.05, 3.63) is 35.4 Å². The molecule has 1 heterocycles. The third-order valence-corrected chi connectivity index (χ3v) is 3.58. The number of ether oxygens (including phenoxy) is 1. The van der Waals surface area contributed by atoms with Crippen LogP contribution in [0.4, 0.5) is 0 Å². The molecule has 0 spiro atoms. The molecule has 1 aromatic rings. The topological polar surface area (TPSA) is 29.5 Å². The summed E-state index contributed by atoms with van der Waals surface area (Å²) in [5.74, 6) is 0.770. The van der Waals surface area contributed by atoms with Gasteiger partial charge in [-0.1, -0.05) is 23.8 Å². The van der Waals surface area contributed by atoms with Crippen LogP contribution in [0.25, 0.3) is 0 Å². The van der Waals surface area contributed by atoms with Crippen molar-refractivity contribution in [2.75, 3.05) is 33.4 Å². The van der Waals surface area contributed by atoms with Gasteiger partial charge >= 0.3 is 0 Å². The molecule has 0 bridgehead atoms. The first-order valence-corrected chi connectivity index (χ1v) is 7.01. The highest BCUT2D eigenvalue weighted by molar-refractivity contribution is 5.97. The van der Waals surface area contributed by atoms with Gasteiger partial charge in [-0.15, -0.1) is 0 Å². The number of carbonyl (C=O) groups excluding carboxylic acids is 1. The van der Waals surface area contributed by atoms with Crippen molar-refractivity contribution >= 4 is 5.78 Å². The molecule has 0 saturated carbocycles. The molecule has 0 aromatic heterocycles. The molecule has 0 amide bonds. The maximum atomic E-state index is 12.2. The lowest BCUT2D eigenvalue weighted by Crippen LogP contribution is -2.34. The Labute approximate surface area is 115 Å². The van der Waals surface area contributed by atoms with Crippen LogP contribution in [0.2, 0.25) is 0 Å². The van der Waals surface area contributed by atoms with Gasteiger partial charge in [-0.25, -0.2) is 0 Å². The molecule has 19 heavy (non-hydrogen) atoms. The SMILES string of the molecule is Cc1cccc(C(=O)CN(C)CC2CCCOC2)c1. The molecule has 1 aliphatic heterocycles. The Morgan fingerprint density at radius 2 is 2.32 bits per heavy atom. The van der Waals surface area contributed by atoms with Gasteiger partial charge in [0.15, 0.2) is 5.78 Å². The van der Waals surface area contributed by atoms with Crippen LogP contribution >= 0.6 is 0 Å². The fourth-order valence-electron chi connectivity index (χ4n) is 2.61. The maximum absolute atomic E-state index is 12.2. The standard InChI is InChI=1S/C16H23NO2/c1-13-5-3-7-15(9-13)16(18)11-17(2)10-14-6-4-8-19-12-14/h3,5,7,9,14H,4,6,8,10-12H2,1-2H3. The van der Waals surface area contributed by atoms with Crippen LogP contribution in [0.3, 0.4) is 0 Å². The first kappa shape index (κ1) is 14.2. The number of aryl methyl sites for hydroxylation is 1. The van der Waals surface area contributed by atoms with Crippen LogP contribution in [0.1, 0.15) is 28.8 Å². The van der Waals surface area contributed by atoms with E-state index >= 15 is 0 Å². The summed E-state index contributed by atoms with van der Waals surface area (Å²) in [6, 6.07) is 7.81. The third kappa shape index (κ3) is 4.44. The Bertz CT molecular complexity index is 425. The van der Waals surface area contributed by atoms with E-state index in [9.17, 15) is 4.79 Å². The number of carbonyl (C=O) groups is 1. The lowest BCUT2D eigenvalue weighted by atomic mass is 10.0. The number of rotatable bonds is 5. The Kier molecular flexibility index (Phi) is 5.11. The summed E-state index contributed by atoms with van der Waals surface area (Å²) < 4.78 is 5.48. The summed E-state index contributed by atoms with van der Waals surface area (Å²) in [5, 5.41) is 0. The predicted molar refractivity (Wildman–Crippen MR) is 76.5 cm³/mol. The molecule has 0 radical (unpaired) electrons. The average molecular weight is 261 g/mol. The molecule has 3 nitrogen and oxygen atoms in total. The zero-order chi connectivity index (χ0) is 13.7. The molecule has 1 aromatic carbocycles. The van der Waals surface area contributed by atoms with Crippen molar-refractivity contribution in [1.82, 2.24) is 4.90 Å². The summed E-state index contributed by atoms with van der Waals surface area (Å²) in [6.07, 6.45) is 2.35. The van der Waals surface area contributed by atoms with Gasteiger partial charge < -0.3 is 4.74 Å². The van der Waals surface area contributed by atoms with Crippen LogP contribution in [0, 0.1) is 12.8 Å². The molecular weight excluding hydrogens is 238 g/mol. The zero-order valence-corrected chi connectivity index (χ0v) is 11.9. The Balaban J connectivity index is 1.84. The van der Waals surface area contributed by atoms with Gasteiger partial charge in [0.05, 0.1) is 13.2 Å². The van der Waals surface area contributed by atoms with Crippen LogP contribution in [0.5, 0.6) is 0 Å². The molecule has 104 valence electrons. The zero-order valence-electron chi connectivity index (χ0n) is 11.9. The quantitative estimate of drug-likeness (QED) is 0.763. The minimum Gasteiger partial charge on any atom is -0.381 e. The molecule has 1 atom stereocenters. The summed E-state index contributed by atoms with van der Waals surface area (Å²) in [5.41, 5.74) is 1.95. The Morgan fingerprint density at radius 1 is 1.47 bits per heavy atom. The summed E-state index contributed by atoms with van der Waals surface area (Å²) in [4.78, 5) is 14.3. The van der Waals surface area contributed by atoms with Gasteiger partial charge in [-0.2, -0.15) is 0 Å². The number of hydrogen-bond donors (Lipinski definition) is 0. The molecule has 2 rings (SSSR count). The largest absolute Gasteiger partial charge is 0.381 e. The first-order valence-electron chi connectivity index (χ1n) is 7.01. The van der Waals surface area contributed by atoms with Crippen molar-refractivity contribution in [2.24, 2.45) is 5.92 Å². The van der Waals surface area contributed by atoms with Crippen molar-refractivity contribution in [1.29, 1.82) is 0 Å². The van der Waals surface area contributed by atoms with Crippen molar-refractivity contribution in [2.45, 2.75) is 19.8 Å². The fraction of sp³-hybridized carbons (Fsp3) is 0.562. The smallest absolute Gasteiger partial charge is 0.176 e. The van der Waals surface area contributed by atoms with E-state index in [4.69, 9.17) is 4.74 Å². The Hall–Kier alpha value is -1.19. The monoisotopic (exact) mass is 261 g/mol. The fourth-order valence-corrected chi connectivity index (χ4v) is 2.61. The number of benzene rings is 1. The highest BCUT2D eigenvalue weighted by Gasteiger charge is 2.17. The minimum absolute atomic E-state index is 0.197. The molecule has 1 saturated heterocycles. The van der Waals surface area contributed by atoms with Gasteiger partial charge in [0.1, 0.15) is 0 Å². The number of ketones is 1. The van der Waals surface area contributed by atoms with Gasteiger partial charge in [0.2, 0.25) is 0 Å². The van der Waals surface area contributed by atoms with Crippen molar-refractivity contribution in [3.63, 3.8) is 0 Å². The van der Waals surface area contributed by atoms with Crippen LogP contribution in [-0.2, 0) is 4.74 Å². The number of Topliss-reactive ketones (excluding diaryl/α,β-unsaturated/α-hetero) is 1. The molecule has 3 heteroatoms. The second-order valence-corrected chi connectivity index (χ2v) is 5.57. The van der Waals surface area contributed by atoms with E-state index in [2.05, 4.69) is 4.90 Å². The normalized spacial score (nSPS) is 19.6. The lowest BCUT2D eigenvalue weighted by molar-refractivity contribution is 0.0416. The molecule has 1 unspecified atom stereocenters. The van der Waals surface area contributed by atoms with E-state index < -0.39 is 0 Å². The van der Waals surface area contributed by atoms with Gasteiger partial charge in [0.25, 0.3) is 0 Å². The highest BCUT2D eigenvalue weighted by atomic mass is 16.5. The van der Waals surface area contributed by atoms with Gasteiger partial charge in [-0.05, 0) is 38.8 Å². The van der Waals surface area contributed by atoms with Crippen LogP contribution < -0.4 is 0 Å². The molecule has 0 N–H and O–H groups in total. The van der Waals surface area contributed by atoms with Crippen molar-refractivity contribution in [3.8, 4) is 0 Å².